The molecule has 0 saturated heterocycles. The van der Waals surface area contributed by atoms with Gasteiger partial charge in [-0.2, -0.15) is 0 Å². The average molecular weight is 340 g/mol. The molecular formula is C19H14F2N2O2. The Kier molecular flexibility index (Phi) is 4.01. The molecule has 0 radical (unpaired) electrons. The molecule has 2 aromatic heterocycles. The van der Waals surface area contributed by atoms with E-state index in [0.717, 1.165) is 28.9 Å². The number of benzene rings is 1. The average Bonchev–Trinajstić information content (AvgIpc) is 3.11. The largest absolute Gasteiger partial charge is 0.492 e. The maximum Gasteiger partial charge on any atom is 0.280 e. The van der Waals surface area contributed by atoms with Gasteiger partial charge in [0, 0.05) is 23.7 Å². The molecule has 3 heterocycles. The van der Waals surface area contributed by atoms with Gasteiger partial charge >= 0.3 is 0 Å². The van der Waals surface area contributed by atoms with Crippen LogP contribution < -0.4 is 9.47 Å². The van der Waals surface area contributed by atoms with Gasteiger partial charge in [-0.25, -0.2) is 13.8 Å². The standard InChI is InChI=1S/C19H14F2N2O2/c20-18(21)16-7-6-13(11-23-16)25-19-15(5-2-9-22-19)14-4-1-3-12-8-10-24-17(12)14/h1-7,9,11,18H,8,10H2. The van der Waals surface area contributed by atoms with Crippen molar-refractivity contribution in [1.29, 1.82) is 0 Å². The van der Waals surface area contributed by atoms with Gasteiger partial charge in [0.25, 0.3) is 6.43 Å². The van der Waals surface area contributed by atoms with Gasteiger partial charge in [-0.3, -0.25) is 4.98 Å². The highest BCUT2D eigenvalue weighted by Crippen LogP contribution is 2.40. The highest BCUT2D eigenvalue weighted by molar-refractivity contribution is 5.76. The lowest BCUT2D eigenvalue weighted by Gasteiger charge is -2.12. The zero-order valence-corrected chi connectivity index (χ0v) is 13.2. The summed E-state index contributed by atoms with van der Waals surface area (Å²) >= 11 is 0. The predicted molar refractivity (Wildman–Crippen MR) is 88.1 cm³/mol. The van der Waals surface area contributed by atoms with Crippen molar-refractivity contribution >= 4 is 0 Å². The van der Waals surface area contributed by atoms with Crippen LogP contribution in [0.1, 0.15) is 17.7 Å². The molecule has 0 N–H and O–H groups in total. The molecule has 0 saturated carbocycles. The Morgan fingerprint density at radius 1 is 1.00 bits per heavy atom. The first-order valence-electron chi connectivity index (χ1n) is 7.84. The highest BCUT2D eigenvalue weighted by atomic mass is 19.3. The van der Waals surface area contributed by atoms with E-state index in [1.807, 2.05) is 30.3 Å². The van der Waals surface area contributed by atoms with E-state index >= 15 is 0 Å². The first-order chi connectivity index (χ1) is 12.2. The summed E-state index contributed by atoms with van der Waals surface area (Å²) in [7, 11) is 0. The molecule has 0 atom stereocenters. The quantitative estimate of drug-likeness (QED) is 0.684. The molecule has 0 amide bonds. The summed E-state index contributed by atoms with van der Waals surface area (Å²) in [5.41, 5.74) is 2.53. The molecule has 6 heteroatoms. The van der Waals surface area contributed by atoms with Crippen LogP contribution in [0, 0.1) is 0 Å². The smallest absolute Gasteiger partial charge is 0.280 e. The highest BCUT2D eigenvalue weighted by Gasteiger charge is 2.20. The molecular weight excluding hydrogens is 326 g/mol. The Labute approximate surface area is 143 Å². The number of ether oxygens (including phenoxy) is 2. The first kappa shape index (κ1) is 15.5. The van der Waals surface area contributed by atoms with Gasteiger partial charge in [0.05, 0.1) is 12.8 Å². The lowest BCUT2D eigenvalue weighted by atomic mass is 10.0. The number of nitrogens with zero attached hydrogens (tertiary/aromatic N) is 2. The molecule has 4 nitrogen and oxygen atoms in total. The fraction of sp³-hybridized carbons (Fsp3) is 0.158. The Balaban J connectivity index is 1.69. The van der Waals surface area contributed by atoms with Crippen LogP contribution in [0.3, 0.4) is 0 Å². The van der Waals surface area contributed by atoms with E-state index in [-0.39, 0.29) is 5.69 Å². The molecule has 0 unspecified atom stereocenters. The lowest BCUT2D eigenvalue weighted by Crippen LogP contribution is -1.95. The van der Waals surface area contributed by atoms with E-state index in [1.54, 1.807) is 6.20 Å². The molecule has 126 valence electrons. The maximum absolute atomic E-state index is 12.6. The number of hydrogen-bond acceptors (Lipinski definition) is 4. The Morgan fingerprint density at radius 2 is 1.88 bits per heavy atom. The van der Waals surface area contributed by atoms with E-state index < -0.39 is 6.43 Å². The first-order valence-corrected chi connectivity index (χ1v) is 7.84. The minimum atomic E-state index is -2.61. The van der Waals surface area contributed by atoms with Crippen molar-refractivity contribution in [3.63, 3.8) is 0 Å². The van der Waals surface area contributed by atoms with Crippen molar-refractivity contribution in [3.8, 4) is 28.5 Å². The van der Waals surface area contributed by atoms with Crippen molar-refractivity contribution in [2.24, 2.45) is 0 Å². The lowest BCUT2D eigenvalue weighted by molar-refractivity contribution is 0.146. The number of hydrogen-bond donors (Lipinski definition) is 0. The van der Waals surface area contributed by atoms with Crippen molar-refractivity contribution in [3.05, 3.63) is 66.1 Å². The second-order valence-electron chi connectivity index (χ2n) is 5.57. The van der Waals surface area contributed by atoms with Crippen molar-refractivity contribution in [1.82, 2.24) is 9.97 Å². The predicted octanol–water partition coefficient (Wildman–Crippen LogP) is 4.81. The number of halogens is 2. The number of aromatic nitrogens is 2. The summed E-state index contributed by atoms with van der Waals surface area (Å²) in [5, 5.41) is 0. The summed E-state index contributed by atoms with van der Waals surface area (Å²) in [6.07, 6.45) is 1.15. The zero-order valence-electron chi connectivity index (χ0n) is 13.2. The van der Waals surface area contributed by atoms with Crippen molar-refractivity contribution < 1.29 is 18.3 Å². The summed E-state index contributed by atoms with van der Waals surface area (Å²) in [6, 6.07) is 12.4. The molecule has 0 bridgehead atoms. The fourth-order valence-corrected chi connectivity index (χ4v) is 2.80. The van der Waals surface area contributed by atoms with E-state index in [0.29, 0.717) is 18.2 Å². The second-order valence-corrected chi connectivity index (χ2v) is 5.57. The van der Waals surface area contributed by atoms with E-state index in [1.165, 1.54) is 18.3 Å². The Hall–Kier alpha value is -3.02. The topological polar surface area (TPSA) is 44.2 Å². The van der Waals surface area contributed by atoms with Crippen LogP contribution in [0.25, 0.3) is 11.1 Å². The van der Waals surface area contributed by atoms with Gasteiger partial charge < -0.3 is 9.47 Å². The molecule has 0 spiro atoms. The van der Waals surface area contributed by atoms with Gasteiger partial charge in [-0.15, -0.1) is 0 Å². The molecule has 1 aromatic carbocycles. The molecule has 0 aliphatic carbocycles. The maximum atomic E-state index is 12.6. The molecule has 0 fully saturated rings. The number of fused-ring (bicyclic) bond motifs is 1. The molecule has 25 heavy (non-hydrogen) atoms. The van der Waals surface area contributed by atoms with Crippen LogP contribution in [-0.4, -0.2) is 16.6 Å². The molecule has 1 aliphatic rings. The van der Waals surface area contributed by atoms with Gasteiger partial charge in [0.1, 0.15) is 17.2 Å². The number of pyridine rings is 2. The SMILES string of the molecule is FC(F)c1ccc(Oc2ncccc2-c2cccc3c2OCC3)cn1. The third kappa shape index (κ3) is 3.03. The normalized spacial score (nSPS) is 12.8. The summed E-state index contributed by atoms with van der Waals surface area (Å²) in [6.45, 7) is 0.655. The van der Waals surface area contributed by atoms with E-state index in [9.17, 15) is 8.78 Å². The number of para-hydroxylation sites is 1. The third-order valence-corrected chi connectivity index (χ3v) is 3.97. The monoisotopic (exact) mass is 340 g/mol. The second kappa shape index (κ2) is 6.47. The Bertz CT molecular complexity index is 898. The van der Waals surface area contributed by atoms with E-state index in [4.69, 9.17) is 9.47 Å². The summed E-state index contributed by atoms with van der Waals surface area (Å²) in [5.74, 6) is 1.56. The van der Waals surface area contributed by atoms with Gasteiger partial charge in [-0.05, 0) is 29.8 Å². The van der Waals surface area contributed by atoms with Crippen LogP contribution in [0.4, 0.5) is 8.78 Å². The number of alkyl halides is 2. The fourth-order valence-electron chi connectivity index (χ4n) is 2.80. The van der Waals surface area contributed by atoms with Crippen LogP contribution >= 0.6 is 0 Å². The summed E-state index contributed by atoms with van der Waals surface area (Å²) in [4.78, 5) is 7.99. The molecule has 1 aliphatic heterocycles. The van der Waals surface area contributed by atoms with Gasteiger partial charge in [0.15, 0.2) is 0 Å². The third-order valence-electron chi connectivity index (χ3n) is 3.97. The van der Waals surface area contributed by atoms with E-state index in [2.05, 4.69) is 9.97 Å². The van der Waals surface area contributed by atoms with Gasteiger partial charge in [0.2, 0.25) is 5.88 Å². The molecule has 4 rings (SSSR count). The minimum absolute atomic E-state index is 0.289. The summed E-state index contributed by atoms with van der Waals surface area (Å²) < 4.78 is 36.8. The number of rotatable bonds is 4. The van der Waals surface area contributed by atoms with Crippen molar-refractivity contribution in [2.45, 2.75) is 12.8 Å². The zero-order chi connectivity index (χ0) is 17.2. The minimum Gasteiger partial charge on any atom is -0.492 e. The van der Waals surface area contributed by atoms with Gasteiger partial charge in [-0.1, -0.05) is 18.2 Å². The Morgan fingerprint density at radius 3 is 2.68 bits per heavy atom. The van der Waals surface area contributed by atoms with Crippen molar-refractivity contribution in [2.75, 3.05) is 6.61 Å². The van der Waals surface area contributed by atoms with Crippen LogP contribution in [0.2, 0.25) is 0 Å². The van der Waals surface area contributed by atoms with Crippen LogP contribution in [0.15, 0.2) is 54.9 Å². The molecule has 3 aromatic rings. The van der Waals surface area contributed by atoms with Crippen LogP contribution in [-0.2, 0) is 6.42 Å². The van der Waals surface area contributed by atoms with Crippen LogP contribution in [0.5, 0.6) is 17.4 Å².